The minimum absolute atomic E-state index is 0. The molecule has 1 heterocycles. The maximum atomic E-state index is 15.8. The number of benzene rings is 1. The molecule has 3 rings (SSSR count). The molecule has 2 aliphatic rings. The lowest BCUT2D eigenvalue weighted by Crippen LogP contribution is -2.53. The van der Waals surface area contributed by atoms with E-state index in [1.807, 2.05) is 39.5 Å². The van der Waals surface area contributed by atoms with Crippen molar-refractivity contribution in [1.82, 2.24) is 10.2 Å². The number of nitrogens with one attached hydrogen (secondary N) is 1. The van der Waals surface area contributed by atoms with Crippen LogP contribution < -0.4 is 5.32 Å². The topological polar surface area (TPSA) is 66.5 Å². The molecule has 196 valence electrons. The van der Waals surface area contributed by atoms with Crippen LogP contribution in [0.2, 0.25) is 0 Å². The van der Waals surface area contributed by atoms with Crippen molar-refractivity contribution in [2.75, 3.05) is 13.1 Å². The normalized spacial score (nSPS) is 21.5. The van der Waals surface area contributed by atoms with E-state index in [9.17, 15) is 14.4 Å². The summed E-state index contributed by atoms with van der Waals surface area (Å²) in [6.07, 6.45) is 6.51. The molecule has 1 aromatic carbocycles. The van der Waals surface area contributed by atoms with Crippen molar-refractivity contribution < 1.29 is 20.2 Å². The Kier molecular flexibility index (Phi) is 8.44. The third-order valence-electron chi connectivity index (χ3n) is 7.88. The van der Waals surface area contributed by atoms with Gasteiger partial charge in [-0.05, 0) is 42.7 Å². The highest BCUT2D eigenvalue weighted by Gasteiger charge is 2.42. The summed E-state index contributed by atoms with van der Waals surface area (Å²) in [6.45, 7) is 12.6. The zero-order valence-corrected chi connectivity index (χ0v) is 22.4. The van der Waals surface area contributed by atoms with Crippen LogP contribution in [0.4, 0.5) is 4.39 Å². The molecular weight excluding hydrogens is 443 g/mol. The molecule has 1 unspecified atom stereocenters. The van der Waals surface area contributed by atoms with Crippen LogP contribution in [-0.2, 0) is 9.59 Å². The minimum atomic E-state index is -0.632. The van der Waals surface area contributed by atoms with Crippen LogP contribution in [0.5, 0.6) is 0 Å². The van der Waals surface area contributed by atoms with Gasteiger partial charge in [-0.3, -0.25) is 14.4 Å². The lowest BCUT2D eigenvalue weighted by atomic mass is 9.68. The molecule has 1 aliphatic carbocycles. The molecule has 2 fully saturated rings. The Labute approximate surface area is 211 Å². The average Bonchev–Trinajstić information content (AvgIpc) is 2.81. The lowest BCUT2D eigenvalue weighted by molar-refractivity contribution is -0.140. The molecule has 2 amide bonds. The van der Waals surface area contributed by atoms with Crippen LogP contribution in [0.15, 0.2) is 18.2 Å². The first kappa shape index (κ1) is 27.3. The number of rotatable bonds is 6. The first-order valence-electron chi connectivity index (χ1n) is 13.3. The predicted octanol–water partition coefficient (Wildman–Crippen LogP) is 6.12. The molecule has 1 aromatic rings. The van der Waals surface area contributed by atoms with E-state index in [0.29, 0.717) is 18.7 Å². The molecule has 1 saturated heterocycles. The number of Topliss-reactive ketones (excluding diaryl/α,β-unsaturated/α-hetero) is 1. The number of nitrogens with zero attached hydrogens (tertiary/aromatic N) is 1. The zero-order valence-electron chi connectivity index (χ0n) is 22.4. The van der Waals surface area contributed by atoms with Crippen molar-refractivity contribution >= 4 is 17.6 Å². The Morgan fingerprint density at radius 1 is 1.11 bits per heavy atom. The number of ketones is 1. The van der Waals surface area contributed by atoms with Gasteiger partial charge in [0, 0.05) is 31.8 Å². The molecule has 0 bridgehead atoms. The predicted molar refractivity (Wildman–Crippen MR) is 139 cm³/mol. The molecule has 0 spiro atoms. The van der Waals surface area contributed by atoms with Crippen molar-refractivity contribution in [1.29, 1.82) is 0 Å². The molecule has 2 atom stereocenters. The number of carbonyl (C=O) groups is 3. The number of amides is 2. The van der Waals surface area contributed by atoms with E-state index in [0.717, 1.165) is 44.9 Å². The fourth-order valence-electron chi connectivity index (χ4n) is 5.71. The summed E-state index contributed by atoms with van der Waals surface area (Å²) < 4.78 is 15.8. The van der Waals surface area contributed by atoms with Crippen molar-refractivity contribution in [2.45, 2.75) is 98.4 Å². The Balaban J connectivity index is 0.00000456. The van der Waals surface area contributed by atoms with Crippen LogP contribution in [0.1, 0.15) is 110 Å². The van der Waals surface area contributed by atoms with Gasteiger partial charge in [0.2, 0.25) is 5.91 Å². The van der Waals surface area contributed by atoms with Crippen LogP contribution in [0.3, 0.4) is 0 Å². The lowest BCUT2D eigenvalue weighted by Gasteiger charge is -2.41. The van der Waals surface area contributed by atoms with Crippen molar-refractivity contribution in [3.05, 3.63) is 35.1 Å². The molecule has 1 aliphatic heterocycles. The number of piperidine rings is 1. The zero-order chi connectivity index (χ0) is 26.0. The van der Waals surface area contributed by atoms with E-state index in [-0.39, 0.29) is 35.9 Å². The standard InChI is InChI=1S/C29H43FN2O3.H2/c1-19(2)24(33)25(29(6)15-8-7-9-16-29)31-26(34)22-14-10-13-21(23(22)30)20-12-11-17-32(18-20)27(35)28(3,4)5;/h10,13-14,19-20,25H,7-9,11-12,15-18H2,1-6H3,(H,31,34);1H/t20?,25-;/m0./s1. The first-order chi connectivity index (χ1) is 16.3. The highest BCUT2D eigenvalue weighted by atomic mass is 19.1. The molecule has 35 heavy (non-hydrogen) atoms. The van der Waals surface area contributed by atoms with Gasteiger partial charge < -0.3 is 10.2 Å². The van der Waals surface area contributed by atoms with Crippen LogP contribution in [0.25, 0.3) is 0 Å². The van der Waals surface area contributed by atoms with E-state index in [2.05, 4.69) is 12.2 Å². The Hall–Kier alpha value is -2.24. The van der Waals surface area contributed by atoms with Crippen LogP contribution >= 0.6 is 0 Å². The smallest absolute Gasteiger partial charge is 0.254 e. The number of likely N-dealkylation sites (tertiary alicyclic amines) is 1. The summed E-state index contributed by atoms with van der Waals surface area (Å²) in [4.78, 5) is 41.1. The van der Waals surface area contributed by atoms with E-state index in [4.69, 9.17) is 0 Å². The van der Waals surface area contributed by atoms with Gasteiger partial charge in [-0.25, -0.2) is 4.39 Å². The molecule has 1 N–H and O–H groups in total. The number of carbonyl (C=O) groups excluding carboxylic acids is 3. The highest BCUT2D eigenvalue weighted by Crippen LogP contribution is 2.40. The molecular formula is C29H45FN2O3. The first-order valence-corrected chi connectivity index (χ1v) is 13.3. The summed E-state index contributed by atoms with van der Waals surface area (Å²) >= 11 is 0. The van der Waals surface area contributed by atoms with Gasteiger partial charge in [0.1, 0.15) is 5.82 Å². The van der Waals surface area contributed by atoms with Gasteiger partial charge in [0.25, 0.3) is 5.91 Å². The summed E-state index contributed by atoms with van der Waals surface area (Å²) in [7, 11) is 0. The van der Waals surface area contributed by atoms with Gasteiger partial charge in [-0.2, -0.15) is 0 Å². The van der Waals surface area contributed by atoms with Crippen molar-refractivity contribution in [3.8, 4) is 0 Å². The van der Waals surface area contributed by atoms with Crippen LogP contribution in [0, 0.1) is 22.6 Å². The van der Waals surface area contributed by atoms with E-state index < -0.39 is 23.2 Å². The van der Waals surface area contributed by atoms with Gasteiger partial charge in [-0.15, -0.1) is 0 Å². The molecule has 5 nitrogen and oxygen atoms in total. The SMILES string of the molecule is CC(C)C(=O)[C@H](NC(=O)c1cccc(C2CCCN(C(=O)C(C)(C)C)C2)c1F)C1(C)CCCCC1.[HH]. The van der Waals surface area contributed by atoms with Crippen molar-refractivity contribution in [2.24, 2.45) is 16.7 Å². The summed E-state index contributed by atoms with van der Waals surface area (Å²) in [5, 5.41) is 2.95. The van der Waals surface area contributed by atoms with E-state index >= 15 is 4.39 Å². The molecule has 6 heteroatoms. The van der Waals surface area contributed by atoms with Gasteiger partial charge in [-0.1, -0.05) is 72.9 Å². The van der Waals surface area contributed by atoms with Gasteiger partial charge in [0.15, 0.2) is 5.78 Å². The van der Waals surface area contributed by atoms with Gasteiger partial charge >= 0.3 is 0 Å². The summed E-state index contributed by atoms with van der Waals surface area (Å²) in [5.41, 5.74) is -0.363. The fourth-order valence-corrected chi connectivity index (χ4v) is 5.71. The maximum absolute atomic E-state index is 15.8. The number of hydrogen-bond acceptors (Lipinski definition) is 3. The fraction of sp³-hybridized carbons (Fsp3) is 0.690. The second kappa shape index (κ2) is 10.8. The molecule has 1 saturated carbocycles. The van der Waals surface area contributed by atoms with Crippen LogP contribution in [-0.4, -0.2) is 41.6 Å². The third-order valence-corrected chi connectivity index (χ3v) is 7.88. The van der Waals surface area contributed by atoms with E-state index in [1.165, 1.54) is 6.07 Å². The molecule has 0 aromatic heterocycles. The third kappa shape index (κ3) is 6.13. The average molecular weight is 489 g/mol. The van der Waals surface area contributed by atoms with Gasteiger partial charge in [0.05, 0.1) is 11.6 Å². The number of hydrogen-bond donors (Lipinski definition) is 1. The number of halogens is 1. The second-order valence-electron chi connectivity index (χ2n) is 12.2. The largest absolute Gasteiger partial charge is 0.342 e. The second-order valence-corrected chi connectivity index (χ2v) is 12.2. The van der Waals surface area contributed by atoms with Crippen molar-refractivity contribution in [3.63, 3.8) is 0 Å². The Bertz CT molecular complexity index is 950. The summed E-state index contributed by atoms with van der Waals surface area (Å²) in [5.74, 6) is -1.39. The Morgan fingerprint density at radius 3 is 2.37 bits per heavy atom. The Morgan fingerprint density at radius 2 is 1.77 bits per heavy atom. The summed E-state index contributed by atoms with van der Waals surface area (Å²) in [6, 6.07) is 4.29. The maximum Gasteiger partial charge on any atom is 0.254 e. The monoisotopic (exact) mass is 488 g/mol. The highest BCUT2D eigenvalue weighted by molar-refractivity contribution is 5.99. The minimum Gasteiger partial charge on any atom is -0.342 e. The van der Waals surface area contributed by atoms with E-state index in [1.54, 1.807) is 12.1 Å². The molecule has 0 radical (unpaired) electrons. The quantitative estimate of drug-likeness (QED) is 0.525.